The number of amides is 1. The lowest BCUT2D eigenvalue weighted by Crippen LogP contribution is -2.29. The summed E-state index contributed by atoms with van der Waals surface area (Å²) in [7, 11) is 0. The van der Waals surface area contributed by atoms with Crippen LogP contribution in [0.2, 0.25) is 5.02 Å². The van der Waals surface area contributed by atoms with Gasteiger partial charge in [0.2, 0.25) is 0 Å². The monoisotopic (exact) mass is 384 g/mol. The average molecular weight is 385 g/mol. The van der Waals surface area contributed by atoms with E-state index < -0.39 is 10.8 Å². The minimum absolute atomic E-state index is 0.000260. The lowest BCUT2D eigenvalue weighted by molar-refractivity contribution is -0.384. The van der Waals surface area contributed by atoms with Gasteiger partial charge in [-0.3, -0.25) is 19.7 Å². The van der Waals surface area contributed by atoms with E-state index in [1.807, 2.05) is 0 Å². The molecule has 0 aliphatic heterocycles. The number of nitrogens with zero attached hydrogens (tertiary/aromatic N) is 1. The molecule has 1 aromatic heterocycles. The third kappa shape index (κ3) is 4.21. The number of Topliss-reactive ketones (excluding diaryl/α,β-unsaturated/α-hetero) is 1. The van der Waals surface area contributed by atoms with Gasteiger partial charge in [-0.1, -0.05) is 41.9 Å². The number of nitro benzene ring substituents is 1. The van der Waals surface area contributed by atoms with Crippen LogP contribution >= 0.6 is 11.6 Å². The Morgan fingerprint density at radius 2 is 1.81 bits per heavy atom. The van der Waals surface area contributed by atoms with E-state index in [-0.39, 0.29) is 34.6 Å². The number of hydrogen-bond donors (Lipinski definition) is 1. The number of ketones is 1. The molecule has 0 aliphatic rings. The van der Waals surface area contributed by atoms with Gasteiger partial charge in [-0.05, 0) is 18.2 Å². The Hall–Kier alpha value is -3.45. The Balaban J connectivity index is 1.69. The summed E-state index contributed by atoms with van der Waals surface area (Å²) in [6, 6.07) is 15.5. The van der Waals surface area contributed by atoms with Gasteiger partial charge in [0, 0.05) is 23.3 Å². The Morgan fingerprint density at radius 1 is 1.07 bits per heavy atom. The summed E-state index contributed by atoms with van der Waals surface area (Å²) < 4.78 is 5.47. The lowest BCUT2D eigenvalue weighted by atomic mass is 10.1. The molecule has 0 saturated heterocycles. The molecule has 0 atom stereocenters. The van der Waals surface area contributed by atoms with Crippen LogP contribution < -0.4 is 5.32 Å². The summed E-state index contributed by atoms with van der Waals surface area (Å²) in [5, 5.41) is 13.4. The van der Waals surface area contributed by atoms with Gasteiger partial charge in [0.05, 0.1) is 16.5 Å². The number of halogens is 1. The van der Waals surface area contributed by atoms with Crippen LogP contribution in [0, 0.1) is 10.1 Å². The summed E-state index contributed by atoms with van der Waals surface area (Å²) in [5.74, 6) is -0.493. The first-order chi connectivity index (χ1) is 13.0. The van der Waals surface area contributed by atoms with Crippen molar-refractivity contribution in [1.82, 2.24) is 5.32 Å². The van der Waals surface area contributed by atoms with Crippen molar-refractivity contribution >= 4 is 29.0 Å². The number of benzene rings is 2. The van der Waals surface area contributed by atoms with Crippen LogP contribution in [-0.4, -0.2) is 23.2 Å². The second-order valence-electron chi connectivity index (χ2n) is 5.56. The topological polar surface area (TPSA) is 102 Å². The summed E-state index contributed by atoms with van der Waals surface area (Å²) in [6.07, 6.45) is 0. The van der Waals surface area contributed by atoms with E-state index in [0.717, 1.165) is 0 Å². The van der Waals surface area contributed by atoms with E-state index in [2.05, 4.69) is 5.32 Å². The zero-order chi connectivity index (χ0) is 19.4. The van der Waals surface area contributed by atoms with Gasteiger partial charge in [0.25, 0.3) is 11.6 Å². The van der Waals surface area contributed by atoms with Crippen LogP contribution in [0.1, 0.15) is 20.9 Å². The first-order valence-electron chi connectivity index (χ1n) is 7.86. The smallest absolute Gasteiger partial charge is 0.287 e. The van der Waals surface area contributed by atoms with Gasteiger partial charge in [-0.15, -0.1) is 0 Å². The van der Waals surface area contributed by atoms with E-state index in [1.165, 1.54) is 30.3 Å². The molecule has 1 N–H and O–H groups in total. The molecular formula is C19H13ClN2O5. The lowest BCUT2D eigenvalue weighted by Gasteiger charge is -2.03. The molecule has 0 saturated carbocycles. The fourth-order valence-electron chi connectivity index (χ4n) is 2.40. The molecule has 2 aromatic carbocycles. The van der Waals surface area contributed by atoms with Crippen LogP contribution in [0.3, 0.4) is 0 Å². The second-order valence-corrected chi connectivity index (χ2v) is 5.96. The van der Waals surface area contributed by atoms with Gasteiger partial charge in [0.1, 0.15) is 5.76 Å². The first kappa shape index (κ1) is 18.3. The Bertz CT molecular complexity index is 1010. The number of furan rings is 1. The minimum Gasteiger partial charge on any atom is -0.451 e. The summed E-state index contributed by atoms with van der Waals surface area (Å²) in [5.41, 5.74) is 0.768. The maximum Gasteiger partial charge on any atom is 0.287 e. The molecule has 136 valence electrons. The van der Waals surface area contributed by atoms with Crippen LogP contribution in [0.5, 0.6) is 0 Å². The Labute approximate surface area is 158 Å². The maximum absolute atomic E-state index is 12.2. The molecule has 3 aromatic rings. The fourth-order valence-corrected chi connectivity index (χ4v) is 2.66. The zero-order valence-corrected chi connectivity index (χ0v) is 14.6. The Morgan fingerprint density at radius 3 is 2.48 bits per heavy atom. The van der Waals surface area contributed by atoms with E-state index in [4.69, 9.17) is 16.0 Å². The number of non-ortho nitro benzene ring substituents is 1. The number of carbonyl (C=O) groups excluding carboxylic acids is 2. The molecule has 0 bridgehead atoms. The van der Waals surface area contributed by atoms with Gasteiger partial charge >= 0.3 is 0 Å². The molecule has 3 rings (SSSR count). The highest BCUT2D eigenvalue weighted by Gasteiger charge is 2.17. The second kappa shape index (κ2) is 7.84. The molecule has 0 unspecified atom stereocenters. The molecule has 1 heterocycles. The normalized spacial score (nSPS) is 10.4. The van der Waals surface area contributed by atoms with Crippen molar-refractivity contribution < 1.29 is 18.9 Å². The van der Waals surface area contributed by atoms with Crippen molar-refractivity contribution in [3.8, 4) is 11.3 Å². The van der Waals surface area contributed by atoms with Crippen molar-refractivity contribution in [1.29, 1.82) is 0 Å². The summed E-state index contributed by atoms with van der Waals surface area (Å²) in [4.78, 5) is 34.4. The van der Waals surface area contributed by atoms with Gasteiger partial charge in [-0.25, -0.2) is 0 Å². The SMILES string of the molecule is O=C(CNC(=O)c1ccc(-c2ccc([N+](=O)[O-])cc2Cl)o1)c1ccccc1. The molecule has 0 spiro atoms. The van der Waals surface area contributed by atoms with E-state index >= 15 is 0 Å². The van der Waals surface area contributed by atoms with Gasteiger partial charge in [-0.2, -0.15) is 0 Å². The third-order valence-electron chi connectivity index (χ3n) is 3.76. The fraction of sp³-hybridized carbons (Fsp3) is 0.0526. The van der Waals surface area contributed by atoms with Gasteiger partial charge in [0.15, 0.2) is 11.5 Å². The maximum atomic E-state index is 12.2. The standard InChI is InChI=1S/C19H13ClN2O5/c20-15-10-13(22(25)26)6-7-14(15)17-8-9-18(27-17)19(24)21-11-16(23)12-4-2-1-3-5-12/h1-10H,11H2,(H,21,24). The van der Waals surface area contributed by atoms with Crippen LogP contribution in [-0.2, 0) is 0 Å². The third-order valence-corrected chi connectivity index (χ3v) is 4.08. The molecule has 27 heavy (non-hydrogen) atoms. The van der Waals surface area contributed by atoms with Crippen LogP contribution in [0.25, 0.3) is 11.3 Å². The predicted octanol–water partition coefficient (Wildman–Crippen LogP) is 4.12. The summed E-state index contributed by atoms with van der Waals surface area (Å²) >= 11 is 6.06. The largest absolute Gasteiger partial charge is 0.451 e. The number of hydrogen-bond acceptors (Lipinski definition) is 5. The predicted molar refractivity (Wildman–Crippen MR) is 98.9 cm³/mol. The van der Waals surface area contributed by atoms with E-state index in [9.17, 15) is 19.7 Å². The Kier molecular flexibility index (Phi) is 5.33. The van der Waals surface area contributed by atoms with Gasteiger partial charge < -0.3 is 9.73 Å². The molecule has 0 fully saturated rings. The number of nitrogens with one attached hydrogen (secondary N) is 1. The van der Waals surface area contributed by atoms with Crippen LogP contribution in [0.4, 0.5) is 5.69 Å². The van der Waals surface area contributed by atoms with Crippen molar-refractivity contribution in [2.24, 2.45) is 0 Å². The van der Waals surface area contributed by atoms with Crippen molar-refractivity contribution in [2.45, 2.75) is 0 Å². The quantitative estimate of drug-likeness (QED) is 0.391. The zero-order valence-electron chi connectivity index (χ0n) is 13.8. The number of nitro groups is 1. The first-order valence-corrected chi connectivity index (χ1v) is 8.24. The van der Waals surface area contributed by atoms with Crippen molar-refractivity contribution in [3.05, 3.63) is 87.1 Å². The number of carbonyl (C=O) groups is 2. The highest BCUT2D eigenvalue weighted by Crippen LogP contribution is 2.32. The minimum atomic E-state index is -0.555. The summed E-state index contributed by atoms with van der Waals surface area (Å²) in [6.45, 7) is -0.169. The van der Waals surface area contributed by atoms with Crippen LogP contribution in [0.15, 0.2) is 65.1 Å². The van der Waals surface area contributed by atoms with E-state index in [1.54, 1.807) is 30.3 Å². The molecule has 0 aliphatic carbocycles. The molecule has 8 heteroatoms. The average Bonchev–Trinajstić information content (AvgIpc) is 3.16. The highest BCUT2D eigenvalue weighted by molar-refractivity contribution is 6.33. The molecular weight excluding hydrogens is 372 g/mol. The molecule has 1 amide bonds. The molecule has 0 radical (unpaired) electrons. The van der Waals surface area contributed by atoms with Crippen molar-refractivity contribution in [2.75, 3.05) is 6.54 Å². The molecule has 7 nitrogen and oxygen atoms in total. The highest BCUT2D eigenvalue weighted by atomic mass is 35.5. The number of rotatable bonds is 6. The van der Waals surface area contributed by atoms with Crippen molar-refractivity contribution in [3.63, 3.8) is 0 Å². The van der Waals surface area contributed by atoms with E-state index in [0.29, 0.717) is 11.1 Å².